The Balaban J connectivity index is 1.26. The predicted octanol–water partition coefficient (Wildman–Crippen LogP) is 5.07. The molecule has 4 aromatic rings. The van der Waals surface area contributed by atoms with E-state index in [1.54, 1.807) is 6.20 Å². The Hall–Kier alpha value is -3.40. The molecule has 1 aromatic heterocycles. The van der Waals surface area contributed by atoms with Crippen LogP contribution in [0, 0.1) is 0 Å². The largest absolute Gasteiger partial charge is 0.488 e. The van der Waals surface area contributed by atoms with Crippen molar-refractivity contribution in [2.45, 2.75) is 18.9 Å². The van der Waals surface area contributed by atoms with Crippen molar-refractivity contribution in [2.24, 2.45) is 0 Å². The van der Waals surface area contributed by atoms with Gasteiger partial charge in [0, 0.05) is 43.1 Å². The van der Waals surface area contributed by atoms with Crippen LogP contribution in [0.2, 0.25) is 0 Å². The van der Waals surface area contributed by atoms with Gasteiger partial charge in [-0.1, -0.05) is 48.5 Å². The van der Waals surface area contributed by atoms with Crippen LogP contribution in [-0.4, -0.2) is 35.0 Å². The Kier molecular flexibility index (Phi) is 4.60. The van der Waals surface area contributed by atoms with Gasteiger partial charge in [0.15, 0.2) is 0 Å². The van der Waals surface area contributed by atoms with E-state index in [-0.39, 0.29) is 12.0 Å². The van der Waals surface area contributed by atoms with E-state index in [2.05, 4.69) is 11.1 Å². The lowest BCUT2D eigenvalue weighted by atomic mass is 10.0. The van der Waals surface area contributed by atoms with Crippen LogP contribution in [0.25, 0.3) is 21.7 Å². The second-order valence-electron chi connectivity index (χ2n) is 7.50. The molecular weight excluding hydrogens is 360 g/mol. The lowest BCUT2D eigenvalue weighted by Gasteiger charge is -2.32. The minimum absolute atomic E-state index is 0.0982. The maximum Gasteiger partial charge on any atom is 0.253 e. The Morgan fingerprint density at radius 1 is 0.862 bits per heavy atom. The third-order valence-corrected chi connectivity index (χ3v) is 5.61. The van der Waals surface area contributed by atoms with E-state index in [9.17, 15) is 4.79 Å². The molecule has 1 aliphatic heterocycles. The molecule has 29 heavy (non-hydrogen) atoms. The maximum absolute atomic E-state index is 13.0. The molecule has 1 amide bonds. The number of rotatable bonds is 3. The highest BCUT2D eigenvalue weighted by Gasteiger charge is 2.25. The second-order valence-corrected chi connectivity index (χ2v) is 7.50. The van der Waals surface area contributed by atoms with Crippen LogP contribution < -0.4 is 4.74 Å². The number of hydrogen-bond donors (Lipinski definition) is 0. The molecule has 0 N–H and O–H groups in total. The number of aromatic nitrogens is 1. The summed E-state index contributed by atoms with van der Waals surface area (Å²) in [4.78, 5) is 19.4. The van der Waals surface area contributed by atoms with Crippen molar-refractivity contribution in [3.63, 3.8) is 0 Å². The number of hydrogen-bond acceptors (Lipinski definition) is 3. The minimum Gasteiger partial charge on any atom is -0.488 e. The van der Waals surface area contributed by atoms with E-state index in [1.165, 1.54) is 0 Å². The molecule has 0 unspecified atom stereocenters. The number of carbonyl (C=O) groups excluding carboxylic acids is 1. The number of fused-ring (bicyclic) bond motifs is 2. The first-order valence-corrected chi connectivity index (χ1v) is 10.1. The van der Waals surface area contributed by atoms with Gasteiger partial charge in [-0.2, -0.15) is 0 Å². The monoisotopic (exact) mass is 382 g/mol. The Labute approximate surface area is 169 Å². The van der Waals surface area contributed by atoms with Crippen molar-refractivity contribution in [3.05, 3.63) is 84.6 Å². The molecule has 1 fully saturated rings. The average molecular weight is 382 g/mol. The van der Waals surface area contributed by atoms with Crippen LogP contribution >= 0.6 is 0 Å². The van der Waals surface area contributed by atoms with Gasteiger partial charge in [-0.3, -0.25) is 9.78 Å². The zero-order valence-electron chi connectivity index (χ0n) is 16.1. The third-order valence-electron chi connectivity index (χ3n) is 5.61. The molecule has 0 radical (unpaired) electrons. The highest BCUT2D eigenvalue weighted by molar-refractivity contribution is 5.98. The van der Waals surface area contributed by atoms with Crippen molar-refractivity contribution in [3.8, 4) is 5.75 Å². The van der Waals surface area contributed by atoms with Crippen LogP contribution in [0.3, 0.4) is 0 Å². The fourth-order valence-corrected chi connectivity index (χ4v) is 4.03. The number of pyridine rings is 1. The first kappa shape index (κ1) is 17.7. The highest BCUT2D eigenvalue weighted by Crippen LogP contribution is 2.27. The molecule has 4 heteroatoms. The number of carbonyl (C=O) groups is 1. The Morgan fingerprint density at radius 3 is 2.48 bits per heavy atom. The molecule has 144 valence electrons. The first-order valence-electron chi connectivity index (χ1n) is 10.1. The van der Waals surface area contributed by atoms with Crippen LogP contribution in [0.5, 0.6) is 5.75 Å². The van der Waals surface area contributed by atoms with Gasteiger partial charge in [0.2, 0.25) is 0 Å². The molecule has 4 nitrogen and oxygen atoms in total. The highest BCUT2D eigenvalue weighted by atomic mass is 16.5. The standard InChI is InChI=1S/C25H22N2O2/c28-25(21-11-10-18-5-1-2-6-20(18)17-21)27-15-12-22(13-16-27)29-23-9-3-7-19-8-4-14-26-24(19)23/h1-11,14,17,22H,12-13,15-16H2. The summed E-state index contributed by atoms with van der Waals surface area (Å²) in [5, 5.41) is 3.33. The van der Waals surface area contributed by atoms with Gasteiger partial charge in [-0.15, -0.1) is 0 Å². The minimum atomic E-state index is 0.0982. The SMILES string of the molecule is O=C(c1ccc2ccccc2c1)N1CCC(Oc2cccc3cccnc23)CC1. The number of nitrogens with zero attached hydrogens (tertiary/aromatic N) is 2. The fourth-order valence-electron chi connectivity index (χ4n) is 4.03. The number of likely N-dealkylation sites (tertiary alicyclic amines) is 1. The van der Waals surface area contributed by atoms with Crippen molar-refractivity contribution in [1.29, 1.82) is 0 Å². The molecule has 2 heterocycles. The third kappa shape index (κ3) is 3.54. The van der Waals surface area contributed by atoms with E-state index >= 15 is 0 Å². The van der Waals surface area contributed by atoms with E-state index in [0.717, 1.165) is 45.8 Å². The molecule has 1 aliphatic rings. The van der Waals surface area contributed by atoms with Crippen molar-refractivity contribution in [2.75, 3.05) is 13.1 Å². The van der Waals surface area contributed by atoms with Crippen LogP contribution in [0.4, 0.5) is 0 Å². The number of piperidine rings is 1. The number of para-hydroxylation sites is 1. The molecule has 0 spiro atoms. The van der Waals surface area contributed by atoms with Gasteiger partial charge in [-0.05, 0) is 35.0 Å². The molecule has 0 aliphatic carbocycles. The zero-order chi connectivity index (χ0) is 19.6. The molecule has 1 saturated heterocycles. The van der Waals surface area contributed by atoms with E-state index in [1.807, 2.05) is 71.6 Å². The summed E-state index contributed by atoms with van der Waals surface area (Å²) in [6.45, 7) is 1.41. The molecular formula is C25H22N2O2. The summed E-state index contributed by atoms with van der Waals surface area (Å²) in [6.07, 6.45) is 3.54. The molecule has 0 saturated carbocycles. The average Bonchev–Trinajstić information content (AvgIpc) is 2.79. The van der Waals surface area contributed by atoms with Gasteiger partial charge in [-0.25, -0.2) is 0 Å². The topological polar surface area (TPSA) is 42.4 Å². The summed E-state index contributed by atoms with van der Waals surface area (Å²) in [5.41, 5.74) is 1.64. The van der Waals surface area contributed by atoms with E-state index < -0.39 is 0 Å². The zero-order valence-corrected chi connectivity index (χ0v) is 16.1. The maximum atomic E-state index is 13.0. The predicted molar refractivity (Wildman–Crippen MR) is 115 cm³/mol. The van der Waals surface area contributed by atoms with E-state index in [0.29, 0.717) is 13.1 Å². The lowest BCUT2D eigenvalue weighted by Crippen LogP contribution is -2.41. The fraction of sp³-hybridized carbons (Fsp3) is 0.200. The van der Waals surface area contributed by atoms with Crippen LogP contribution in [0.15, 0.2) is 79.0 Å². The van der Waals surface area contributed by atoms with Crippen molar-refractivity contribution in [1.82, 2.24) is 9.88 Å². The summed E-state index contributed by atoms with van der Waals surface area (Å²) < 4.78 is 6.26. The summed E-state index contributed by atoms with van der Waals surface area (Å²) >= 11 is 0. The Bertz CT molecular complexity index is 1170. The molecule has 0 bridgehead atoms. The molecule has 3 aromatic carbocycles. The van der Waals surface area contributed by atoms with Gasteiger partial charge in [0.1, 0.15) is 17.4 Å². The van der Waals surface area contributed by atoms with Gasteiger partial charge in [0.25, 0.3) is 5.91 Å². The van der Waals surface area contributed by atoms with Gasteiger partial charge in [0.05, 0.1) is 0 Å². The molecule has 5 rings (SSSR count). The summed E-state index contributed by atoms with van der Waals surface area (Å²) in [7, 11) is 0. The smallest absolute Gasteiger partial charge is 0.253 e. The number of amides is 1. The van der Waals surface area contributed by atoms with Crippen LogP contribution in [-0.2, 0) is 0 Å². The quantitative estimate of drug-likeness (QED) is 0.497. The normalized spacial score (nSPS) is 15.0. The second kappa shape index (κ2) is 7.55. The van der Waals surface area contributed by atoms with E-state index in [4.69, 9.17) is 4.74 Å². The van der Waals surface area contributed by atoms with Crippen molar-refractivity contribution >= 4 is 27.6 Å². The summed E-state index contributed by atoms with van der Waals surface area (Å²) in [6, 6.07) is 24.0. The number of ether oxygens (including phenoxy) is 1. The number of benzene rings is 3. The molecule has 0 atom stereocenters. The first-order chi connectivity index (χ1) is 14.3. The van der Waals surface area contributed by atoms with Crippen LogP contribution in [0.1, 0.15) is 23.2 Å². The Morgan fingerprint density at radius 2 is 1.62 bits per heavy atom. The van der Waals surface area contributed by atoms with Crippen molar-refractivity contribution < 1.29 is 9.53 Å². The van der Waals surface area contributed by atoms with Gasteiger partial charge < -0.3 is 9.64 Å². The van der Waals surface area contributed by atoms with Gasteiger partial charge >= 0.3 is 0 Å². The summed E-state index contributed by atoms with van der Waals surface area (Å²) in [5.74, 6) is 0.920. The lowest BCUT2D eigenvalue weighted by molar-refractivity contribution is 0.0598.